The van der Waals surface area contributed by atoms with Crippen molar-refractivity contribution in [2.24, 2.45) is 0 Å². The molecule has 5 nitrogen and oxygen atoms in total. The van der Waals surface area contributed by atoms with Gasteiger partial charge < -0.3 is 9.88 Å². The number of rotatable bonds is 4. The number of aromatic nitrogens is 1. The molecule has 2 aromatic rings. The Kier molecular flexibility index (Phi) is 6.30. The first kappa shape index (κ1) is 21.4. The van der Waals surface area contributed by atoms with E-state index in [0.717, 1.165) is 72.5 Å². The fourth-order valence-electron chi connectivity index (χ4n) is 4.88. The molecule has 0 saturated heterocycles. The summed E-state index contributed by atoms with van der Waals surface area (Å²) >= 11 is 1.71. The van der Waals surface area contributed by atoms with Gasteiger partial charge in [-0.05, 0) is 75.6 Å². The second kappa shape index (κ2) is 9.12. The lowest BCUT2D eigenvalue weighted by molar-refractivity contribution is -0.117. The maximum absolute atomic E-state index is 12.7. The SMILES string of the molecule is Cc1cc(/C=C(/C#N)C(=O)NC2CCCCC2)c(C)n1-c1sc2c(c1C#N)CCCC2. The molecule has 2 aliphatic rings. The highest BCUT2D eigenvalue weighted by Crippen LogP contribution is 2.38. The van der Waals surface area contributed by atoms with Gasteiger partial charge in [0.2, 0.25) is 0 Å². The van der Waals surface area contributed by atoms with Gasteiger partial charge in [-0.2, -0.15) is 10.5 Å². The molecule has 1 N–H and O–H groups in total. The van der Waals surface area contributed by atoms with E-state index in [-0.39, 0.29) is 17.5 Å². The summed E-state index contributed by atoms with van der Waals surface area (Å²) in [6.07, 6.45) is 11.5. The normalized spacial score (nSPS) is 17.0. The van der Waals surface area contributed by atoms with Gasteiger partial charge >= 0.3 is 0 Å². The largest absolute Gasteiger partial charge is 0.349 e. The van der Waals surface area contributed by atoms with E-state index in [1.54, 1.807) is 17.4 Å². The highest BCUT2D eigenvalue weighted by atomic mass is 32.1. The Morgan fingerprint density at radius 2 is 1.90 bits per heavy atom. The van der Waals surface area contributed by atoms with Crippen LogP contribution in [0.4, 0.5) is 0 Å². The molecule has 4 rings (SSSR count). The minimum atomic E-state index is -0.288. The molecule has 160 valence electrons. The van der Waals surface area contributed by atoms with E-state index in [4.69, 9.17) is 0 Å². The van der Waals surface area contributed by atoms with Gasteiger partial charge in [-0.15, -0.1) is 11.3 Å². The maximum atomic E-state index is 12.7. The molecule has 2 aromatic heterocycles. The van der Waals surface area contributed by atoms with Gasteiger partial charge in [-0.25, -0.2) is 0 Å². The number of amides is 1. The van der Waals surface area contributed by atoms with Crippen molar-refractivity contribution in [1.82, 2.24) is 9.88 Å². The quantitative estimate of drug-likeness (QED) is 0.528. The van der Waals surface area contributed by atoms with Gasteiger partial charge in [0.25, 0.3) is 5.91 Å². The Morgan fingerprint density at radius 1 is 1.16 bits per heavy atom. The number of hydrogen-bond acceptors (Lipinski definition) is 4. The molecule has 0 bridgehead atoms. The summed E-state index contributed by atoms with van der Waals surface area (Å²) in [5.74, 6) is -0.288. The van der Waals surface area contributed by atoms with Crippen LogP contribution in [0.15, 0.2) is 11.6 Å². The molecule has 0 atom stereocenters. The zero-order chi connectivity index (χ0) is 22.0. The average molecular weight is 433 g/mol. The fraction of sp³-hybridized carbons (Fsp3) is 0.480. The number of hydrogen-bond donors (Lipinski definition) is 1. The summed E-state index contributed by atoms with van der Waals surface area (Å²) in [6.45, 7) is 4.01. The van der Waals surface area contributed by atoms with Gasteiger partial charge in [0, 0.05) is 22.3 Å². The van der Waals surface area contributed by atoms with Crippen molar-refractivity contribution in [3.63, 3.8) is 0 Å². The van der Waals surface area contributed by atoms with Crippen LogP contribution in [0.3, 0.4) is 0 Å². The number of thiophene rings is 1. The number of carbonyl (C=O) groups is 1. The van der Waals surface area contributed by atoms with Crippen LogP contribution < -0.4 is 5.32 Å². The minimum Gasteiger partial charge on any atom is -0.349 e. The zero-order valence-electron chi connectivity index (χ0n) is 18.3. The molecule has 0 aliphatic heterocycles. The molecule has 0 radical (unpaired) electrons. The van der Waals surface area contributed by atoms with E-state index in [9.17, 15) is 15.3 Å². The molecule has 6 heteroatoms. The van der Waals surface area contributed by atoms with Crippen molar-refractivity contribution in [3.05, 3.63) is 44.6 Å². The third-order valence-electron chi connectivity index (χ3n) is 6.54. The molecule has 2 aliphatic carbocycles. The van der Waals surface area contributed by atoms with Gasteiger partial charge in [0.05, 0.1) is 5.56 Å². The fourth-order valence-corrected chi connectivity index (χ4v) is 6.33. The highest BCUT2D eigenvalue weighted by molar-refractivity contribution is 7.15. The van der Waals surface area contributed by atoms with Crippen LogP contribution in [0.25, 0.3) is 11.1 Å². The second-order valence-electron chi connectivity index (χ2n) is 8.64. The lowest BCUT2D eigenvalue weighted by Gasteiger charge is -2.22. The number of nitriles is 2. The van der Waals surface area contributed by atoms with E-state index in [1.807, 2.05) is 19.9 Å². The number of nitrogens with one attached hydrogen (secondary N) is 1. The minimum absolute atomic E-state index is 0.136. The summed E-state index contributed by atoms with van der Waals surface area (Å²) in [5, 5.41) is 23.5. The van der Waals surface area contributed by atoms with Crippen molar-refractivity contribution in [2.75, 3.05) is 0 Å². The first-order chi connectivity index (χ1) is 15.0. The smallest absolute Gasteiger partial charge is 0.262 e. The number of carbonyl (C=O) groups excluding carboxylic acids is 1. The molecule has 0 aromatic carbocycles. The summed E-state index contributed by atoms with van der Waals surface area (Å²) < 4.78 is 2.11. The first-order valence-corrected chi connectivity index (χ1v) is 12.0. The molecule has 1 amide bonds. The topological polar surface area (TPSA) is 81.6 Å². The van der Waals surface area contributed by atoms with Gasteiger partial charge in [-0.3, -0.25) is 4.79 Å². The van der Waals surface area contributed by atoms with Crippen molar-refractivity contribution < 1.29 is 4.79 Å². The van der Waals surface area contributed by atoms with E-state index < -0.39 is 0 Å². The molecular formula is C25H28N4OS. The molecule has 1 fully saturated rings. The van der Waals surface area contributed by atoms with E-state index in [1.165, 1.54) is 23.3 Å². The summed E-state index contributed by atoms with van der Waals surface area (Å²) in [6, 6.07) is 6.70. The van der Waals surface area contributed by atoms with Gasteiger partial charge in [0.15, 0.2) is 0 Å². The Balaban J connectivity index is 1.67. The van der Waals surface area contributed by atoms with Crippen LogP contribution in [0, 0.1) is 36.5 Å². The highest BCUT2D eigenvalue weighted by Gasteiger charge is 2.24. The summed E-state index contributed by atoms with van der Waals surface area (Å²) in [7, 11) is 0. The van der Waals surface area contributed by atoms with Gasteiger partial charge in [-0.1, -0.05) is 19.3 Å². The Labute approximate surface area is 188 Å². The standard InChI is InChI=1S/C25H28N4OS/c1-16-12-18(13-19(14-26)24(30)28-20-8-4-3-5-9-20)17(2)29(16)25-22(15-27)21-10-6-7-11-23(21)31-25/h12-13,20H,3-11H2,1-2H3,(H,28,30)/b19-13-. The predicted octanol–water partition coefficient (Wildman–Crippen LogP) is 5.26. The average Bonchev–Trinajstić information content (AvgIpc) is 3.28. The molecule has 1 saturated carbocycles. The Bertz CT molecular complexity index is 1120. The van der Waals surface area contributed by atoms with Crippen molar-refractivity contribution in [3.8, 4) is 17.1 Å². The van der Waals surface area contributed by atoms with Crippen LogP contribution >= 0.6 is 11.3 Å². The number of aryl methyl sites for hydroxylation is 2. The number of nitrogens with zero attached hydrogens (tertiary/aromatic N) is 3. The van der Waals surface area contributed by atoms with Gasteiger partial charge in [0.1, 0.15) is 22.7 Å². The third kappa shape index (κ3) is 4.18. The molecule has 31 heavy (non-hydrogen) atoms. The van der Waals surface area contributed by atoms with E-state index in [0.29, 0.717) is 0 Å². The maximum Gasteiger partial charge on any atom is 0.262 e. The predicted molar refractivity (Wildman–Crippen MR) is 123 cm³/mol. The first-order valence-electron chi connectivity index (χ1n) is 11.2. The molecule has 0 spiro atoms. The van der Waals surface area contributed by atoms with Crippen LogP contribution in [0.1, 0.15) is 77.9 Å². The van der Waals surface area contributed by atoms with E-state index >= 15 is 0 Å². The summed E-state index contributed by atoms with van der Waals surface area (Å²) in [5.41, 5.74) is 4.94. The monoisotopic (exact) mass is 432 g/mol. The van der Waals surface area contributed by atoms with Crippen LogP contribution in [0.2, 0.25) is 0 Å². The van der Waals surface area contributed by atoms with Crippen molar-refractivity contribution >= 4 is 23.3 Å². The lowest BCUT2D eigenvalue weighted by atomic mass is 9.95. The van der Waals surface area contributed by atoms with Crippen molar-refractivity contribution in [2.45, 2.75) is 77.7 Å². The molecule has 2 heterocycles. The van der Waals surface area contributed by atoms with Crippen LogP contribution in [-0.2, 0) is 17.6 Å². The van der Waals surface area contributed by atoms with Crippen LogP contribution in [-0.4, -0.2) is 16.5 Å². The number of fused-ring (bicyclic) bond motifs is 1. The second-order valence-corrected chi connectivity index (χ2v) is 9.73. The third-order valence-corrected chi connectivity index (χ3v) is 7.82. The molecule has 0 unspecified atom stereocenters. The molecular weight excluding hydrogens is 404 g/mol. The lowest BCUT2D eigenvalue weighted by Crippen LogP contribution is -2.36. The Morgan fingerprint density at radius 3 is 2.61 bits per heavy atom. The Hall–Kier alpha value is -2.83. The van der Waals surface area contributed by atoms with E-state index in [2.05, 4.69) is 22.0 Å². The zero-order valence-corrected chi connectivity index (χ0v) is 19.1. The van der Waals surface area contributed by atoms with Crippen molar-refractivity contribution in [1.29, 1.82) is 10.5 Å². The van der Waals surface area contributed by atoms with Crippen LogP contribution in [0.5, 0.6) is 0 Å². The summed E-state index contributed by atoms with van der Waals surface area (Å²) in [4.78, 5) is 14.0.